The fraction of sp³-hybridized carbons (Fsp3) is 0.290. The number of nitrogens with one attached hydrogen (secondary N) is 2. The van der Waals surface area contributed by atoms with Gasteiger partial charge in [-0.15, -0.1) is 0 Å². The molecule has 0 aromatic heterocycles. The van der Waals surface area contributed by atoms with Gasteiger partial charge in [-0.2, -0.15) is 0 Å². The zero-order valence-corrected chi connectivity index (χ0v) is 22.3. The molecule has 1 aliphatic carbocycles. The van der Waals surface area contributed by atoms with Crippen molar-refractivity contribution < 1.29 is 14.3 Å². The molecular formula is C31H33N3O3S. The van der Waals surface area contributed by atoms with E-state index in [1.165, 1.54) is 6.42 Å². The van der Waals surface area contributed by atoms with Crippen molar-refractivity contribution >= 4 is 41.0 Å². The summed E-state index contributed by atoms with van der Waals surface area (Å²) in [5.41, 5.74) is 2.51. The Balaban J connectivity index is 1.26. The average molecular weight is 528 g/mol. The molecule has 3 aromatic rings. The molecule has 7 heteroatoms. The van der Waals surface area contributed by atoms with Crippen LogP contribution in [-0.2, 0) is 9.59 Å². The summed E-state index contributed by atoms with van der Waals surface area (Å²) in [5.74, 6) is 0.940. The molecule has 2 aliphatic rings. The van der Waals surface area contributed by atoms with Crippen LogP contribution in [0.3, 0.4) is 0 Å². The van der Waals surface area contributed by atoms with Gasteiger partial charge in [-0.25, -0.2) is 0 Å². The Morgan fingerprint density at radius 2 is 1.61 bits per heavy atom. The molecule has 2 N–H and O–H groups in total. The monoisotopic (exact) mass is 527 g/mol. The van der Waals surface area contributed by atoms with Gasteiger partial charge in [0.25, 0.3) is 11.8 Å². The SMILES string of the molecule is C[C@H]1CCCC[C@@H]1N1C(=O)/C(=C/c2ccc(OCC(=O)Nc3ccccc3)cc2)SC1Nc1ccccc1. The van der Waals surface area contributed by atoms with Crippen molar-refractivity contribution in [1.29, 1.82) is 0 Å². The summed E-state index contributed by atoms with van der Waals surface area (Å²) >= 11 is 1.57. The highest BCUT2D eigenvalue weighted by atomic mass is 32.2. The van der Waals surface area contributed by atoms with E-state index >= 15 is 0 Å². The number of benzene rings is 3. The number of rotatable bonds is 8. The molecule has 196 valence electrons. The molecule has 0 spiro atoms. The van der Waals surface area contributed by atoms with E-state index in [4.69, 9.17) is 4.74 Å². The van der Waals surface area contributed by atoms with E-state index in [0.717, 1.165) is 41.1 Å². The molecular weight excluding hydrogens is 494 g/mol. The predicted molar refractivity (Wildman–Crippen MR) is 155 cm³/mol. The van der Waals surface area contributed by atoms with E-state index in [2.05, 4.69) is 22.5 Å². The molecule has 3 aromatic carbocycles. The molecule has 0 bridgehead atoms. The number of carbonyl (C=O) groups is 2. The molecule has 5 rings (SSSR count). The van der Waals surface area contributed by atoms with E-state index in [0.29, 0.717) is 11.7 Å². The number of carbonyl (C=O) groups excluding carboxylic acids is 2. The van der Waals surface area contributed by atoms with Gasteiger partial charge in [0.05, 0.1) is 4.91 Å². The molecule has 1 saturated carbocycles. The van der Waals surface area contributed by atoms with Gasteiger partial charge in [0.1, 0.15) is 5.75 Å². The Morgan fingerprint density at radius 3 is 2.29 bits per heavy atom. The Labute approximate surface area is 228 Å². The van der Waals surface area contributed by atoms with Crippen LogP contribution in [0, 0.1) is 5.92 Å². The van der Waals surface area contributed by atoms with Crippen molar-refractivity contribution in [3.05, 3.63) is 95.4 Å². The van der Waals surface area contributed by atoms with Gasteiger partial charge in [-0.05, 0) is 66.8 Å². The number of ether oxygens (including phenoxy) is 1. The summed E-state index contributed by atoms with van der Waals surface area (Å²) in [5, 5.41) is 6.39. The van der Waals surface area contributed by atoms with E-state index in [-0.39, 0.29) is 30.0 Å². The maximum atomic E-state index is 13.7. The van der Waals surface area contributed by atoms with Crippen LogP contribution in [0.25, 0.3) is 6.08 Å². The maximum Gasteiger partial charge on any atom is 0.262 e. The van der Waals surface area contributed by atoms with Gasteiger partial charge in [0.2, 0.25) is 0 Å². The van der Waals surface area contributed by atoms with E-state index in [1.807, 2.05) is 91.0 Å². The minimum atomic E-state index is -0.218. The van der Waals surface area contributed by atoms with Crippen molar-refractivity contribution in [2.75, 3.05) is 17.2 Å². The third-order valence-electron chi connectivity index (χ3n) is 7.03. The molecule has 38 heavy (non-hydrogen) atoms. The Morgan fingerprint density at radius 1 is 0.947 bits per heavy atom. The topological polar surface area (TPSA) is 70.7 Å². The second-order valence-electron chi connectivity index (χ2n) is 9.80. The average Bonchev–Trinajstić information content (AvgIpc) is 3.23. The van der Waals surface area contributed by atoms with Gasteiger partial charge < -0.3 is 20.3 Å². The summed E-state index contributed by atoms with van der Waals surface area (Å²) in [4.78, 5) is 28.6. The van der Waals surface area contributed by atoms with Crippen molar-refractivity contribution in [3.8, 4) is 5.75 Å². The van der Waals surface area contributed by atoms with Gasteiger partial charge in [-0.1, -0.05) is 80.1 Å². The van der Waals surface area contributed by atoms with E-state index < -0.39 is 0 Å². The van der Waals surface area contributed by atoms with Crippen LogP contribution < -0.4 is 15.4 Å². The van der Waals surface area contributed by atoms with Crippen LogP contribution in [0.15, 0.2) is 89.8 Å². The summed E-state index contributed by atoms with van der Waals surface area (Å²) in [7, 11) is 0. The highest BCUT2D eigenvalue weighted by Crippen LogP contribution is 2.42. The Hall–Kier alpha value is -3.71. The molecule has 0 radical (unpaired) electrons. The second kappa shape index (κ2) is 12.2. The van der Waals surface area contributed by atoms with E-state index in [1.54, 1.807) is 11.8 Å². The molecule has 2 fully saturated rings. The number of thioether (sulfide) groups is 1. The lowest BCUT2D eigenvalue weighted by atomic mass is 9.85. The second-order valence-corrected chi connectivity index (χ2v) is 10.9. The maximum absolute atomic E-state index is 13.7. The number of anilines is 2. The van der Waals surface area contributed by atoms with Crippen molar-refractivity contribution in [2.24, 2.45) is 5.92 Å². The lowest BCUT2D eigenvalue weighted by Gasteiger charge is -2.39. The fourth-order valence-electron chi connectivity index (χ4n) is 5.05. The number of para-hydroxylation sites is 2. The minimum Gasteiger partial charge on any atom is -0.484 e. The molecule has 1 heterocycles. The van der Waals surface area contributed by atoms with Crippen LogP contribution in [0.2, 0.25) is 0 Å². The van der Waals surface area contributed by atoms with Gasteiger partial charge in [0.15, 0.2) is 12.1 Å². The highest BCUT2D eigenvalue weighted by molar-refractivity contribution is 8.05. The summed E-state index contributed by atoms with van der Waals surface area (Å²) in [6.45, 7) is 2.19. The molecule has 1 aliphatic heterocycles. The first-order valence-electron chi connectivity index (χ1n) is 13.2. The smallest absolute Gasteiger partial charge is 0.262 e. The Bertz CT molecular complexity index is 1260. The first-order chi connectivity index (χ1) is 18.6. The first kappa shape index (κ1) is 25.9. The zero-order valence-electron chi connectivity index (χ0n) is 21.5. The van der Waals surface area contributed by atoms with Crippen LogP contribution in [0.5, 0.6) is 5.75 Å². The van der Waals surface area contributed by atoms with Crippen LogP contribution in [0.1, 0.15) is 38.2 Å². The molecule has 3 atom stereocenters. The minimum absolute atomic E-state index is 0.0783. The van der Waals surface area contributed by atoms with Gasteiger partial charge >= 0.3 is 0 Å². The van der Waals surface area contributed by atoms with Crippen LogP contribution in [0.4, 0.5) is 11.4 Å². The summed E-state index contributed by atoms with van der Waals surface area (Å²) in [6.07, 6.45) is 6.53. The normalized spacial score (nSPS) is 22.3. The number of nitrogens with zero attached hydrogens (tertiary/aromatic N) is 1. The number of hydrogen-bond donors (Lipinski definition) is 2. The van der Waals surface area contributed by atoms with Crippen LogP contribution >= 0.6 is 11.8 Å². The Kier molecular flexibility index (Phi) is 8.34. The zero-order chi connectivity index (χ0) is 26.3. The van der Waals surface area contributed by atoms with Gasteiger partial charge in [-0.3, -0.25) is 9.59 Å². The first-order valence-corrected chi connectivity index (χ1v) is 14.1. The summed E-state index contributed by atoms with van der Waals surface area (Å²) < 4.78 is 5.65. The third-order valence-corrected chi connectivity index (χ3v) is 8.14. The van der Waals surface area contributed by atoms with Crippen LogP contribution in [-0.4, -0.2) is 34.9 Å². The largest absolute Gasteiger partial charge is 0.484 e. The number of hydrogen-bond acceptors (Lipinski definition) is 5. The fourth-order valence-corrected chi connectivity index (χ4v) is 6.26. The molecule has 6 nitrogen and oxygen atoms in total. The molecule has 1 unspecified atom stereocenters. The molecule has 1 saturated heterocycles. The standard InChI is InChI=1S/C31H33N3O3S/c1-22-10-8-9-15-27(22)34-30(36)28(38-31(34)33-25-13-6-3-7-14-25)20-23-16-18-26(19-17-23)37-21-29(35)32-24-11-4-2-5-12-24/h2-7,11-14,16-20,22,27,31,33H,8-10,15,21H2,1H3,(H,32,35)/b28-20-/t22-,27-,31?/m0/s1. The lowest BCUT2D eigenvalue weighted by molar-refractivity contribution is -0.129. The predicted octanol–water partition coefficient (Wildman–Crippen LogP) is 6.59. The van der Waals surface area contributed by atoms with E-state index in [9.17, 15) is 9.59 Å². The van der Waals surface area contributed by atoms with Crippen molar-refractivity contribution in [3.63, 3.8) is 0 Å². The third kappa shape index (κ3) is 6.40. The quantitative estimate of drug-likeness (QED) is 0.323. The summed E-state index contributed by atoms with van der Waals surface area (Å²) in [6, 6.07) is 27.1. The van der Waals surface area contributed by atoms with Crippen molar-refractivity contribution in [1.82, 2.24) is 4.90 Å². The van der Waals surface area contributed by atoms with Crippen molar-refractivity contribution in [2.45, 2.75) is 44.1 Å². The highest BCUT2D eigenvalue weighted by Gasteiger charge is 2.42. The number of amides is 2. The van der Waals surface area contributed by atoms with Gasteiger partial charge in [0, 0.05) is 17.4 Å². The molecule has 2 amide bonds. The lowest BCUT2D eigenvalue weighted by Crippen LogP contribution is -2.48.